The predicted molar refractivity (Wildman–Crippen MR) is 80.5 cm³/mol. The molecule has 1 aliphatic carbocycles. The second kappa shape index (κ2) is 8.16. The average molecular weight is 282 g/mol. The van der Waals surface area contributed by atoms with Gasteiger partial charge in [0.1, 0.15) is 0 Å². The van der Waals surface area contributed by atoms with Crippen LogP contribution in [-0.2, 0) is 9.47 Å². The van der Waals surface area contributed by atoms with Crippen LogP contribution in [0.4, 0.5) is 0 Å². The summed E-state index contributed by atoms with van der Waals surface area (Å²) in [6.45, 7) is 4.01. The van der Waals surface area contributed by atoms with Crippen molar-refractivity contribution < 1.29 is 14.6 Å². The lowest BCUT2D eigenvalue weighted by molar-refractivity contribution is -0.185. The second-order valence-corrected chi connectivity index (χ2v) is 6.10. The van der Waals surface area contributed by atoms with Crippen LogP contribution in [0.1, 0.15) is 58.3 Å². The summed E-state index contributed by atoms with van der Waals surface area (Å²) in [5.74, 6) is 0.954. The molecule has 0 aromatic heterocycles. The normalized spacial score (nSPS) is 28.9. The third-order valence-electron chi connectivity index (χ3n) is 4.80. The number of allylic oxidation sites excluding steroid dienone is 2. The molecule has 1 saturated carbocycles. The zero-order valence-electron chi connectivity index (χ0n) is 12.9. The van der Waals surface area contributed by atoms with Gasteiger partial charge in [0, 0.05) is 18.9 Å². The fourth-order valence-electron chi connectivity index (χ4n) is 3.78. The van der Waals surface area contributed by atoms with Crippen LogP contribution in [0.5, 0.6) is 0 Å². The number of rotatable bonds is 8. The molecule has 2 atom stereocenters. The van der Waals surface area contributed by atoms with E-state index >= 15 is 0 Å². The van der Waals surface area contributed by atoms with Crippen molar-refractivity contribution in [2.75, 3.05) is 19.8 Å². The lowest BCUT2D eigenvalue weighted by Crippen LogP contribution is -2.36. The zero-order chi connectivity index (χ0) is 14.3. The van der Waals surface area contributed by atoms with Crippen molar-refractivity contribution in [2.24, 2.45) is 11.8 Å². The first kappa shape index (κ1) is 16.0. The lowest BCUT2D eigenvalue weighted by Gasteiger charge is -2.31. The van der Waals surface area contributed by atoms with Gasteiger partial charge in [0.15, 0.2) is 5.79 Å². The monoisotopic (exact) mass is 282 g/mol. The van der Waals surface area contributed by atoms with Crippen molar-refractivity contribution in [2.45, 2.75) is 64.1 Å². The molecule has 0 amide bonds. The van der Waals surface area contributed by atoms with E-state index in [9.17, 15) is 0 Å². The van der Waals surface area contributed by atoms with Crippen LogP contribution in [0.2, 0.25) is 0 Å². The number of aliphatic hydroxyl groups excluding tert-OH is 1. The molecular formula is C17H30O3. The molecule has 1 heterocycles. The van der Waals surface area contributed by atoms with Crippen LogP contribution in [0.15, 0.2) is 12.2 Å². The van der Waals surface area contributed by atoms with Crippen molar-refractivity contribution in [3.63, 3.8) is 0 Å². The van der Waals surface area contributed by atoms with E-state index < -0.39 is 0 Å². The van der Waals surface area contributed by atoms with Crippen LogP contribution < -0.4 is 0 Å². The first-order chi connectivity index (χ1) is 9.82. The van der Waals surface area contributed by atoms with E-state index in [0.29, 0.717) is 18.4 Å². The number of hydrogen-bond donors (Lipinski definition) is 1. The molecular weight excluding hydrogens is 252 g/mol. The zero-order valence-corrected chi connectivity index (χ0v) is 12.9. The van der Waals surface area contributed by atoms with Gasteiger partial charge in [-0.2, -0.15) is 0 Å². The molecule has 20 heavy (non-hydrogen) atoms. The summed E-state index contributed by atoms with van der Waals surface area (Å²) in [5, 5.41) is 8.87. The highest BCUT2D eigenvalue weighted by atomic mass is 16.7. The van der Waals surface area contributed by atoms with Crippen molar-refractivity contribution in [1.29, 1.82) is 0 Å². The van der Waals surface area contributed by atoms with Gasteiger partial charge in [0.05, 0.1) is 13.2 Å². The number of aliphatic hydroxyl groups is 1. The standard InChI is InChI=1S/C17H30O3/c1-2-3-5-9-16-15(8-6-4-7-12-18)10-11-17(16)19-13-14-20-17/h3,5,15-16,18H,2,4,6-14H2,1H3/b5-3-/t15-,16+/m0/s1. The Bertz CT molecular complexity index is 295. The van der Waals surface area contributed by atoms with Crippen molar-refractivity contribution in [1.82, 2.24) is 0 Å². The van der Waals surface area contributed by atoms with E-state index in [-0.39, 0.29) is 5.79 Å². The molecule has 2 rings (SSSR count). The Labute approximate surface area is 123 Å². The maximum absolute atomic E-state index is 8.87. The minimum atomic E-state index is -0.278. The molecule has 116 valence electrons. The molecule has 0 bridgehead atoms. The van der Waals surface area contributed by atoms with Crippen LogP contribution in [-0.4, -0.2) is 30.7 Å². The molecule has 1 saturated heterocycles. The molecule has 3 nitrogen and oxygen atoms in total. The molecule has 2 fully saturated rings. The SMILES string of the molecule is CC/C=C\C[C@@H]1[C@@H](CCCCCO)CCC12OCCO2. The van der Waals surface area contributed by atoms with E-state index in [0.717, 1.165) is 45.3 Å². The quantitative estimate of drug-likeness (QED) is 0.545. The first-order valence-corrected chi connectivity index (χ1v) is 8.36. The molecule has 0 radical (unpaired) electrons. The summed E-state index contributed by atoms with van der Waals surface area (Å²) in [6.07, 6.45) is 13.6. The van der Waals surface area contributed by atoms with Crippen LogP contribution in [0, 0.1) is 11.8 Å². The number of ether oxygens (including phenoxy) is 2. The topological polar surface area (TPSA) is 38.7 Å². The minimum absolute atomic E-state index is 0.278. The number of unbranched alkanes of at least 4 members (excludes halogenated alkanes) is 2. The second-order valence-electron chi connectivity index (χ2n) is 6.10. The Balaban J connectivity index is 1.90. The molecule has 0 unspecified atom stereocenters. The van der Waals surface area contributed by atoms with Gasteiger partial charge in [-0.05, 0) is 38.0 Å². The van der Waals surface area contributed by atoms with E-state index in [2.05, 4.69) is 19.1 Å². The van der Waals surface area contributed by atoms with Gasteiger partial charge in [-0.25, -0.2) is 0 Å². The molecule has 0 aromatic carbocycles. The summed E-state index contributed by atoms with van der Waals surface area (Å²) in [7, 11) is 0. The fraction of sp³-hybridized carbons (Fsp3) is 0.882. The van der Waals surface area contributed by atoms with Gasteiger partial charge < -0.3 is 14.6 Å². The molecule has 0 aromatic rings. The Morgan fingerprint density at radius 3 is 2.65 bits per heavy atom. The maximum atomic E-state index is 8.87. The van der Waals surface area contributed by atoms with Crippen molar-refractivity contribution in [3.05, 3.63) is 12.2 Å². The van der Waals surface area contributed by atoms with Crippen molar-refractivity contribution in [3.8, 4) is 0 Å². The maximum Gasteiger partial charge on any atom is 0.171 e. The van der Waals surface area contributed by atoms with E-state index in [1.54, 1.807) is 0 Å². The highest BCUT2D eigenvalue weighted by Gasteiger charge is 2.51. The van der Waals surface area contributed by atoms with E-state index in [1.165, 1.54) is 19.3 Å². The fourth-order valence-corrected chi connectivity index (χ4v) is 3.78. The van der Waals surface area contributed by atoms with Gasteiger partial charge in [-0.1, -0.05) is 31.9 Å². The average Bonchev–Trinajstić information content (AvgIpc) is 3.06. The number of hydrogen-bond acceptors (Lipinski definition) is 3. The Morgan fingerprint density at radius 1 is 1.15 bits per heavy atom. The largest absolute Gasteiger partial charge is 0.396 e. The Morgan fingerprint density at radius 2 is 1.95 bits per heavy atom. The third kappa shape index (κ3) is 3.84. The van der Waals surface area contributed by atoms with Gasteiger partial charge in [0.2, 0.25) is 0 Å². The van der Waals surface area contributed by atoms with Crippen LogP contribution in [0.3, 0.4) is 0 Å². The lowest BCUT2D eigenvalue weighted by atomic mass is 9.86. The minimum Gasteiger partial charge on any atom is -0.396 e. The summed E-state index contributed by atoms with van der Waals surface area (Å²) < 4.78 is 12.0. The van der Waals surface area contributed by atoms with Gasteiger partial charge in [0.25, 0.3) is 0 Å². The Kier molecular flexibility index (Phi) is 6.53. The van der Waals surface area contributed by atoms with Crippen LogP contribution >= 0.6 is 0 Å². The summed E-state index contributed by atoms with van der Waals surface area (Å²) in [6, 6.07) is 0. The third-order valence-corrected chi connectivity index (χ3v) is 4.80. The highest BCUT2D eigenvalue weighted by molar-refractivity contribution is 4.98. The highest BCUT2D eigenvalue weighted by Crippen LogP contribution is 2.49. The van der Waals surface area contributed by atoms with E-state index in [4.69, 9.17) is 14.6 Å². The van der Waals surface area contributed by atoms with Gasteiger partial charge in [-0.3, -0.25) is 0 Å². The molecule has 1 aliphatic heterocycles. The first-order valence-electron chi connectivity index (χ1n) is 8.36. The van der Waals surface area contributed by atoms with Gasteiger partial charge in [-0.15, -0.1) is 0 Å². The smallest absolute Gasteiger partial charge is 0.171 e. The molecule has 1 N–H and O–H groups in total. The van der Waals surface area contributed by atoms with Crippen LogP contribution in [0.25, 0.3) is 0 Å². The summed E-state index contributed by atoms with van der Waals surface area (Å²) in [5.41, 5.74) is 0. The molecule has 1 spiro atoms. The molecule has 3 heteroatoms. The summed E-state index contributed by atoms with van der Waals surface area (Å²) >= 11 is 0. The molecule has 2 aliphatic rings. The predicted octanol–water partition coefficient (Wildman–Crippen LogP) is 3.66. The van der Waals surface area contributed by atoms with Crippen molar-refractivity contribution >= 4 is 0 Å². The summed E-state index contributed by atoms with van der Waals surface area (Å²) in [4.78, 5) is 0. The Hall–Kier alpha value is -0.380. The van der Waals surface area contributed by atoms with E-state index in [1.807, 2.05) is 0 Å². The van der Waals surface area contributed by atoms with Gasteiger partial charge >= 0.3 is 0 Å².